The van der Waals surface area contributed by atoms with Crippen molar-refractivity contribution in [2.45, 2.75) is 25.2 Å². The maximum Gasteiger partial charge on any atom is 0.147 e. The van der Waals surface area contributed by atoms with Crippen molar-refractivity contribution in [2.24, 2.45) is 0 Å². The zero-order valence-corrected chi connectivity index (χ0v) is 12.7. The van der Waals surface area contributed by atoms with E-state index < -0.39 is 12.2 Å². The third kappa shape index (κ3) is 6.73. The number of aliphatic hydroxyl groups is 1. The van der Waals surface area contributed by atoms with Gasteiger partial charge in [-0.05, 0) is 24.1 Å². The second-order valence-corrected chi connectivity index (χ2v) is 4.53. The average Bonchev–Trinajstić information content (AvgIpc) is 2.53. The molecule has 5 heteroatoms. The molecule has 21 heavy (non-hydrogen) atoms. The lowest BCUT2D eigenvalue weighted by Crippen LogP contribution is -2.29. The van der Waals surface area contributed by atoms with E-state index in [2.05, 4.69) is 6.58 Å². The van der Waals surface area contributed by atoms with E-state index in [1.54, 1.807) is 13.2 Å². The fourth-order valence-electron chi connectivity index (χ4n) is 1.76. The van der Waals surface area contributed by atoms with Crippen molar-refractivity contribution in [2.75, 3.05) is 27.6 Å². The molecule has 0 saturated heterocycles. The number of aliphatic hydroxyl groups excluding tert-OH is 1. The highest BCUT2D eigenvalue weighted by molar-refractivity contribution is 5.26. The average molecular weight is 296 g/mol. The summed E-state index contributed by atoms with van der Waals surface area (Å²) in [6.45, 7) is 4.69. The molecule has 1 N–H and O–H groups in total. The van der Waals surface area contributed by atoms with E-state index in [1.165, 1.54) is 7.11 Å². The predicted molar refractivity (Wildman–Crippen MR) is 80.2 cm³/mol. The summed E-state index contributed by atoms with van der Waals surface area (Å²) in [4.78, 5) is 0. The first-order chi connectivity index (χ1) is 10.2. The van der Waals surface area contributed by atoms with Gasteiger partial charge in [-0.15, -0.1) is 6.58 Å². The Balaban J connectivity index is 2.24. The first-order valence-corrected chi connectivity index (χ1v) is 6.83. The van der Waals surface area contributed by atoms with E-state index >= 15 is 0 Å². The van der Waals surface area contributed by atoms with Crippen LogP contribution in [-0.4, -0.2) is 44.9 Å². The zero-order valence-electron chi connectivity index (χ0n) is 12.7. The van der Waals surface area contributed by atoms with Crippen molar-refractivity contribution >= 4 is 0 Å². The number of benzene rings is 1. The van der Waals surface area contributed by atoms with Crippen LogP contribution in [-0.2, 0) is 20.8 Å². The van der Waals surface area contributed by atoms with Crippen molar-refractivity contribution in [1.82, 2.24) is 0 Å². The molecule has 0 aliphatic heterocycles. The van der Waals surface area contributed by atoms with Gasteiger partial charge in [0.05, 0.1) is 19.8 Å². The van der Waals surface area contributed by atoms with Crippen molar-refractivity contribution in [3.63, 3.8) is 0 Å². The Hall–Kier alpha value is -1.40. The van der Waals surface area contributed by atoms with Gasteiger partial charge in [0, 0.05) is 13.7 Å². The smallest absolute Gasteiger partial charge is 0.147 e. The third-order valence-electron chi connectivity index (χ3n) is 2.98. The summed E-state index contributed by atoms with van der Waals surface area (Å²) in [5.74, 6) is 0.818. The highest BCUT2D eigenvalue weighted by atomic mass is 16.7. The molecule has 0 saturated carbocycles. The number of rotatable bonds is 11. The topological polar surface area (TPSA) is 57.2 Å². The fourth-order valence-corrected chi connectivity index (χ4v) is 1.76. The fraction of sp³-hybridized carbons (Fsp3) is 0.500. The van der Waals surface area contributed by atoms with Gasteiger partial charge in [-0.2, -0.15) is 0 Å². The van der Waals surface area contributed by atoms with Gasteiger partial charge in [-0.25, -0.2) is 0 Å². The van der Waals surface area contributed by atoms with Crippen LogP contribution < -0.4 is 4.74 Å². The van der Waals surface area contributed by atoms with Crippen LogP contribution in [0.4, 0.5) is 0 Å². The van der Waals surface area contributed by atoms with Crippen molar-refractivity contribution in [3.8, 4) is 5.75 Å². The maximum atomic E-state index is 9.95. The first kappa shape index (κ1) is 17.7. The molecule has 0 spiro atoms. The second-order valence-electron chi connectivity index (χ2n) is 4.53. The Morgan fingerprint density at radius 1 is 1.24 bits per heavy atom. The number of ether oxygens (including phenoxy) is 4. The number of hydrogen-bond acceptors (Lipinski definition) is 5. The Morgan fingerprint density at radius 3 is 2.52 bits per heavy atom. The van der Waals surface area contributed by atoms with E-state index in [0.717, 1.165) is 11.3 Å². The molecule has 0 fully saturated rings. The molecule has 0 amide bonds. The van der Waals surface area contributed by atoms with Crippen LogP contribution in [0.3, 0.4) is 0 Å². The lowest BCUT2D eigenvalue weighted by Gasteiger charge is -2.19. The summed E-state index contributed by atoms with van der Waals surface area (Å²) in [7, 11) is 3.17. The number of hydrogen-bond donors (Lipinski definition) is 1. The van der Waals surface area contributed by atoms with Crippen LogP contribution in [0.2, 0.25) is 0 Å². The molecule has 0 aliphatic rings. The van der Waals surface area contributed by atoms with Gasteiger partial charge in [0.2, 0.25) is 0 Å². The van der Waals surface area contributed by atoms with Gasteiger partial charge >= 0.3 is 0 Å². The Morgan fingerprint density at radius 2 is 1.95 bits per heavy atom. The van der Waals surface area contributed by atoms with E-state index in [9.17, 15) is 5.11 Å². The third-order valence-corrected chi connectivity index (χ3v) is 2.98. The standard InChI is InChI=1S/C16H24O5/c1-4-16(21-12-18-2)15(17)9-10-20-11-13-5-7-14(19-3)8-6-13/h4-8,15-17H,1,9-12H2,2-3H3/t15-,16-/m0/s1. The zero-order chi connectivity index (χ0) is 15.5. The van der Waals surface area contributed by atoms with Gasteiger partial charge in [0.1, 0.15) is 18.6 Å². The summed E-state index contributed by atoms with van der Waals surface area (Å²) >= 11 is 0. The molecule has 118 valence electrons. The van der Waals surface area contributed by atoms with Gasteiger partial charge in [0.15, 0.2) is 0 Å². The van der Waals surface area contributed by atoms with E-state index in [1.807, 2.05) is 24.3 Å². The minimum Gasteiger partial charge on any atom is -0.497 e. The first-order valence-electron chi connectivity index (χ1n) is 6.83. The molecule has 1 aromatic carbocycles. The lowest BCUT2D eigenvalue weighted by molar-refractivity contribution is -0.0980. The van der Waals surface area contributed by atoms with Gasteiger partial charge in [0.25, 0.3) is 0 Å². The molecule has 0 unspecified atom stereocenters. The minimum absolute atomic E-state index is 0.125. The molecular weight excluding hydrogens is 272 g/mol. The quantitative estimate of drug-likeness (QED) is 0.385. The van der Waals surface area contributed by atoms with Crippen LogP contribution in [0.5, 0.6) is 5.75 Å². The Kier molecular flexibility index (Phi) is 8.69. The van der Waals surface area contributed by atoms with Crippen molar-refractivity contribution < 1.29 is 24.1 Å². The molecule has 0 heterocycles. The maximum absolute atomic E-state index is 9.95. The molecule has 0 aliphatic carbocycles. The molecule has 0 aromatic heterocycles. The normalized spacial score (nSPS) is 13.7. The van der Waals surface area contributed by atoms with Crippen molar-refractivity contribution in [3.05, 3.63) is 42.5 Å². The van der Waals surface area contributed by atoms with Crippen LogP contribution >= 0.6 is 0 Å². The summed E-state index contributed by atoms with van der Waals surface area (Å²) in [5, 5.41) is 9.95. The molecule has 0 bridgehead atoms. The number of methoxy groups -OCH3 is 2. The van der Waals surface area contributed by atoms with Crippen molar-refractivity contribution in [1.29, 1.82) is 0 Å². The van der Waals surface area contributed by atoms with Crippen LogP contribution in [0.15, 0.2) is 36.9 Å². The van der Waals surface area contributed by atoms with Crippen LogP contribution in [0.25, 0.3) is 0 Å². The summed E-state index contributed by atoms with van der Waals surface area (Å²) in [6, 6.07) is 7.67. The van der Waals surface area contributed by atoms with Crippen LogP contribution in [0, 0.1) is 0 Å². The van der Waals surface area contributed by atoms with Crippen LogP contribution in [0.1, 0.15) is 12.0 Å². The molecule has 5 nitrogen and oxygen atoms in total. The highest BCUT2D eigenvalue weighted by Crippen LogP contribution is 2.12. The van der Waals surface area contributed by atoms with Gasteiger partial charge in [-0.1, -0.05) is 18.2 Å². The van der Waals surface area contributed by atoms with E-state index in [-0.39, 0.29) is 6.79 Å². The minimum atomic E-state index is -0.659. The van der Waals surface area contributed by atoms with E-state index in [0.29, 0.717) is 19.6 Å². The molecule has 2 atom stereocenters. The lowest BCUT2D eigenvalue weighted by atomic mass is 10.1. The SMILES string of the molecule is C=C[C@H](OCOC)[C@@H](O)CCOCc1ccc(OC)cc1. The Bertz CT molecular complexity index is 390. The summed E-state index contributed by atoms with van der Waals surface area (Å²) < 4.78 is 20.7. The highest BCUT2D eigenvalue weighted by Gasteiger charge is 2.16. The summed E-state index contributed by atoms with van der Waals surface area (Å²) in [6.07, 6.45) is 0.923. The molecular formula is C16H24O5. The predicted octanol–water partition coefficient (Wildman–Crippen LogP) is 2.14. The molecule has 0 radical (unpaired) electrons. The monoisotopic (exact) mass is 296 g/mol. The van der Waals surface area contributed by atoms with Gasteiger partial charge in [-0.3, -0.25) is 0 Å². The summed E-state index contributed by atoms with van der Waals surface area (Å²) in [5.41, 5.74) is 1.06. The largest absolute Gasteiger partial charge is 0.497 e. The molecule has 1 rings (SSSR count). The van der Waals surface area contributed by atoms with Gasteiger partial charge < -0.3 is 24.1 Å². The molecule has 1 aromatic rings. The van der Waals surface area contributed by atoms with E-state index in [4.69, 9.17) is 18.9 Å². The Labute approximate surface area is 126 Å². The second kappa shape index (κ2) is 10.3.